The minimum atomic E-state index is -4.50. The van der Waals surface area contributed by atoms with E-state index in [2.05, 4.69) is 5.32 Å². The molecule has 2 aromatic carbocycles. The number of carbonyl (C=O) groups excluding carboxylic acids is 1. The summed E-state index contributed by atoms with van der Waals surface area (Å²) < 4.78 is 51.9. The Kier molecular flexibility index (Phi) is 5.46. The number of nitrogens with one attached hydrogen (secondary N) is 1. The summed E-state index contributed by atoms with van der Waals surface area (Å²) in [5.74, 6) is -0.327. The number of hydrogen-bond acceptors (Lipinski definition) is 2. The third-order valence-corrected chi connectivity index (χ3v) is 4.61. The molecule has 1 fully saturated rings. The van der Waals surface area contributed by atoms with Gasteiger partial charge in [0.15, 0.2) is 0 Å². The fourth-order valence-electron chi connectivity index (χ4n) is 2.85. The van der Waals surface area contributed by atoms with Gasteiger partial charge in [-0.3, -0.25) is 0 Å². The molecule has 0 aromatic heterocycles. The zero-order chi connectivity index (χ0) is 19.6. The second-order valence-corrected chi connectivity index (χ2v) is 6.46. The molecule has 1 aliphatic rings. The first-order valence-corrected chi connectivity index (χ1v) is 8.55. The number of rotatable bonds is 2. The highest BCUT2D eigenvalue weighted by Gasteiger charge is 2.31. The van der Waals surface area contributed by atoms with Crippen molar-refractivity contribution in [2.24, 2.45) is 0 Å². The Morgan fingerprint density at radius 2 is 1.70 bits per heavy atom. The van der Waals surface area contributed by atoms with Gasteiger partial charge in [-0.05, 0) is 30.3 Å². The van der Waals surface area contributed by atoms with E-state index in [0.29, 0.717) is 31.9 Å². The third kappa shape index (κ3) is 4.44. The van der Waals surface area contributed by atoms with Gasteiger partial charge in [0.25, 0.3) is 0 Å². The molecule has 0 spiro atoms. The Morgan fingerprint density at radius 1 is 1.04 bits per heavy atom. The summed E-state index contributed by atoms with van der Waals surface area (Å²) in [6.45, 7) is 1.57. The molecular weight excluding hydrogens is 386 g/mol. The average Bonchev–Trinajstić information content (AvgIpc) is 2.63. The van der Waals surface area contributed by atoms with Gasteiger partial charge in [0.1, 0.15) is 5.82 Å². The van der Waals surface area contributed by atoms with Crippen LogP contribution in [0.2, 0.25) is 5.02 Å². The number of alkyl halides is 3. The number of nitrogens with zero attached hydrogens (tertiary/aromatic N) is 2. The van der Waals surface area contributed by atoms with E-state index in [1.165, 1.54) is 11.0 Å². The summed E-state index contributed by atoms with van der Waals surface area (Å²) in [5, 5.41) is 2.33. The monoisotopic (exact) mass is 401 g/mol. The van der Waals surface area contributed by atoms with Crippen LogP contribution in [0.15, 0.2) is 42.5 Å². The summed E-state index contributed by atoms with van der Waals surface area (Å²) >= 11 is 5.86. The van der Waals surface area contributed by atoms with E-state index in [9.17, 15) is 22.4 Å². The first-order valence-electron chi connectivity index (χ1n) is 8.18. The highest BCUT2D eigenvalue weighted by molar-refractivity contribution is 6.33. The second-order valence-electron chi connectivity index (χ2n) is 6.05. The number of hydrogen-bond donors (Lipinski definition) is 1. The first kappa shape index (κ1) is 19.3. The van der Waals surface area contributed by atoms with E-state index in [-0.39, 0.29) is 16.5 Å². The molecule has 0 saturated carbocycles. The molecule has 0 unspecified atom stereocenters. The van der Waals surface area contributed by atoms with Crippen molar-refractivity contribution in [3.05, 3.63) is 58.9 Å². The van der Waals surface area contributed by atoms with Gasteiger partial charge >= 0.3 is 12.2 Å². The van der Waals surface area contributed by atoms with Crippen LogP contribution in [-0.2, 0) is 6.18 Å². The molecule has 0 atom stereocenters. The molecule has 0 bridgehead atoms. The molecule has 3 rings (SSSR count). The summed E-state index contributed by atoms with van der Waals surface area (Å²) in [4.78, 5) is 15.7. The van der Waals surface area contributed by atoms with E-state index in [1.807, 2.05) is 4.90 Å². The predicted molar refractivity (Wildman–Crippen MR) is 95.7 cm³/mol. The molecule has 27 heavy (non-hydrogen) atoms. The SMILES string of the molecule is O=C(Nc1ccc(C(F)(F)F)cc1Cl)N1CCN(c2ccccc2F)CC1. The Bertz CT molecular complexity index is 836. The largest absolute Gasteiger partial charge is 0.416 e. The lowest BCUT2D eigenvalue weighted by Gasteiger charge is -2.36. The van der Waals surface area contributed by atoms with Gasteiger partial charge in [0, 0.05) is 26.2 Å². The van der Waals surface area contributed by atoms with Crippen molar-refractivity contribution in [1.29, 1.82) is 0 Å². The quantitative estimate of drug-likeness (QED) is 0.730. The lowest BCUT2D eigenvalue weighted by molar-refractivity contribution is -0.137. The number of carbonyl (C=O) groups is 1. The van der Waals surface area contributed by atoms with Crippen molar-refractivity contribution in [3.8, 4) is 0 Å². The maximum atomic E-state index is 13.8. The number of piperazine rings is 1. The number of halogens is 5. The van der Waals surface area contributed by atoms with Crippen molar-refractivity contribution < 1.29 is 22.4 Å². The van der Waals surface area contributed by atoms with E-state index in [1.54, 1.807) is 18.2 Å². The van der Waals surface area contributed by atoms with Crippen LogP contribution in [0.3, 0.4) is 0 Å². The molecule has 9 heteroatoms. The van der Waals surface area contributed by atoms with Gasteiger partial charge in [-0.1, -0.05) is 23.7 Å². The van der Waals surface area contributed by atoms with Gasteiger partial charge in [-0.15, -0.1) is 0 Å². The molecule has 2 aromatic rings. The van der Waals surface area contributed by atoms with E-state index in [4.69, 9.17) is 11.6 Å². The van der Waals surface area contributed by atoms with Crippen molar-refractivity contribution in [3.63, 3.8) is 0 Å². The normalized spacial score (nSPS) is 15.0. The molecule has 4 nitrogen and oxygen atoms in total. The Balaban J connectivity index is 1.61. The summed E-state index contributed by atoms with van der Waals surface area (Å²) in [5.41, 5.74) is -0.307. The number of amides is 2. The van der Waals surface area contributed by atoms with Crippen molar-refractivity contribution in [2.45, 2.75) is 6.18 Å². The molecule has 2 amide bonds. The zero-order valence-electron chi connectivity index (χ0n) is 14.1. The van der Waals surface area contributed by atoms with Crippen LogP contribution in [0.1, 0.15) is 5.56 Å². The fourth-order valence-corrected chi connectivity index (χ4v) is 3.07. The highest BCUT2D eigenvalue weighted by Crippen LogP contribution is 2.33. The molecule has 1 heterocycles. The van der Waals surface area contributed by atoms with Gasteiger partial charge in [-0.25, -0.2) is 9.18 Å². The second kappa shape index (κ2) is 7.64. The maximum Gasteiger partial charge on any atom is 0.416 e. The lowest BCUT2D eigenvalue weighted by Crippen LogP contribution is -2.50. The molecule has 1 saturated heterocycles. The van der Waals surface area contributed by atoms with Crippen LogP contribution in [-0.4, -0.2) is 37.1 Å². The summed E-state index contributed by atoms with van der Waals surface area (Å²) in [7, 11) is 0. The summed E-state index contributed by atoms with van der Waals surface area (Å²) in [6.07, 6.45) is -4.50. The van der Waals surface area contributed by atoms with E-state index in [0.717, 1.165) is 18.2 Å². The topological polar surface area (TPSA) is 35.6 Å². The molecule has 1 aliphatic heterocycles. The predicted octanol–water partition coefficient (Wildman–Crippen LogP) is 4.85. The van der Waals surface area contributed by atoms with Crippen molar-refractivity contribution in [2.75, 3.05) is 36.4 Å². The van der Waals surface area contributed by atoms with Crippen molar-refractivity contribution in [1.82, 2.24) is 4.90 Å². The van der Waals surface area contributed by atoms with Crippen LogP contribution in [0.5, 0.6) is 0 Å². The lowest BCUT2D eigenvalue weighted by atomic mass is 10.2. The first-order chi connectivity index (χ1) is 12.8. The van der Waals surface area contributed by atoms with Gasteiger partial charge < -0.3 is 15.1 Å². The van der Waals surface area contributed by atoms with E-state index >= 15 is 0 Å². The molecule has 144 valence electrons. The van der Waals surface area contributed by atoms with Crippen molar-refractivity contribution >= 4 is 29.0 Å². The van der Waals surface area contributed by atoms with Crippen LogP contribution in [0, 0.1) is 5.82 Å². The number of anilines is 2. The molecule has 1 N–H and O–H groups in total. The Labute approximate surface area is 158 Å². The van der Waals surface area contributed by atoms with Crippen LogP contribution in [0.4, 0.5) is 33.7 Å². The third-order valence-electron chi connectivity index (χ3n) is 4.30. The molecule has 0 aliphatic carbocycles. The summed E-state index contributed by atoms with van der Waals surface area (Å²) in [6, 6.07) is 8.68. The molecule has 0 radical (unpaired) electrons. The Morgan fingerprint density at radius 3 is 2.30 bits per heavy atom. The minimum absolute atomic E-state index is 0.103. The zero-order valence-corrected chi connectivity index (χ0v) is 14.8. The standard InChI is InChI=1S/C18H16ClF4N3O/c19-13-11-12(18(21,22)23)5-6-15(13)24-17(27)26-9-7-25(8-10-26)16-4-2-1-3-14(16)20/h1-6,11H,7-10H2,(H,24,27). The maximum absolute atomic E-state index is 13.8. The molecular formula is C18H16ClF4N3O. The number of para-hydroxylation sites is 1. The minimum Gasteiger partial charge on any atom is -0.366 e. The van der Waals surface area contributed by atoms with Crippen LogP contribution >= 0.6 is 11.6 Å². The number of urea groups is 1. The van der Waals surface area contributed by atoms with E-state index < -0.39 is 17.8 Å². The average molecular weight is 402 g/mol. The Hall–Kier alpha value is -2.48. The smallest absolute Gasteiger partial charge is 0.366 e. The van der Waals surface area contributed by atoms with Crippen LogP contribution < -0.4 is 10.2 Å². The number of benzene rings is 2. The van der Waals surface area contributed by atoms with Gasteiger partial charge in [0.2, 0.25) is 0 Å². The fraction of sp³-hybridized carbons (Fsp3) is 0.278. The van der Waals surface area contributed by atoms with Gasteiger partial charge in [-0.2, -0.15) is 13.2 Å². The highest BCUT2D eigenvalue weighted by atomic mass is 35.5. The van der Waals surface area contributed by atoms with Crippen LogP contribution in [0.25, 0.3) is 0 Å². The van der Waals surface area contributed by atoms with Gasteiger partial charge in [0.05, 0.1) is 22.0 Å².